The Labute approximate surface area is 110 Å². The van der Waals surface area contributed by atoms with Gasteiger partial charge in [-0.25, -0.2) is 4.98 Å². The zero-order valence-corrected chi connectivity index (χ0v) is 12.3. The summed E-state index contributed by atoms with van der Waals surface area (Å²) in [5.74, 6) is 0.990. The Morgan fingerprint density at radius 3 is 2.72 bits per heavy atom. The number of hydrogen-bond donors (Lipinski definition) is 2. The van der Waals surface area contributed by atoms with E-state index in [9.17, 15) is 0 Å². The van der Waals surface area contributed by atoms with Crippen LogP contribution in [-0.2, 0) is 6.42 Å². The molecular formula is C14H26N4. The predicted octanol–water partition coefficient (Wildman–Crippen LogP) is 2.18. The van der Waals surface area contributed by atoms with Gasteiger partial charge in [0.2, 0.25) is 0 Å². The quantitative estimate of drug-likeness (QED) is 0.779. The minimum atomic E-state index is 0.989. The number of imidazole rings is 1. The van der Waals surface area contributed by atoms with E-state index in [1.807, 2.05) is 14.0 Å². The molecule has 18 heavy (non-hydrogen) atoms. The molecule has 0 aliphatic carbocycles. The number of nitrogens with zero attached hydrogens (tertiary/aromatic N) is 2. The summed E-state index contributed by atoms with van der Waals surface area (Å²) < 4.78 is 0. The van der Waals surface area contributed by atoms with E-state index < -0.39 is 0 Å². The highest BCUT2D eigenvalue weighted by Crippen LogP contribution is 2.13. The molecule has 0 radical (unpaired) electrons. The Bertz CT molecular complexity index is 392. The summed E-state index contributed by atoms with van der Waals surface area (Å²) in [7, 11) is 1.99. The molecular weight excluding hydrogens is 224 g/mol. The molecule has 0 fully saturated rings. The molecule has 2 N–H and O–H groups in total. The molecule has 0 aliphatic rings. The third-order valence-electron chi connectivity index (χ3n) is 3.14. The van der Waals surface area contributed by atoms with Gasteiger partial charge < -0.3 is 15.2 Å². The van der Waals surface area contributed by atoms with Gasteiger partial charge in [-0.1, -0.05) is 6.92 Å². The number of likely N-dealkylation sites (N-methyl/N-ethyl adjacent to an activating group) is 2. The highest BCUT2D eigenvalue weighted by Gasteiger charge is 2.07. The zero-order valence-electron chi connectivity index (χ0n) is 12.3. The van der Waals surface area contributed by atoms with Crippen LogP contribution in [0.4, 0.5) is 0 Å². The maximum Gasteiger partial charge on any atom is 0.103 e. The van der Waals surface area contributed by atoms with Gasteiger partial charge in [-0.3, -0.25) is 0 Å². The lowest BCUT2D eigenvalue weighted by Crippen LogP contribution is -2.29. The molecule has 0 aromatic carbocycles. The van der Waals surface area contributed by atoms with Crippen LogP contribution in [0.15, 0.2) is 5.70 Å². The summed E-state index contributed by atoms with van der Waals surface area (Å²) in [6.45, 7) is 11.5. The molecule has 1 aromatic heterocycles. The van der Waals surface area contributed by atoms with Crippen molar-refractivity contribution in [2.24, 2.45) is 0 Å². The van der Waals surface area contributed by atoms with E-state index >= 15 is 0 Å². The molecule has 1 aromatic rings. The molecule has 1 rings (SSSR count). The zero-order chi connectivity index (χ0) is 13.5. The largest absolute Gasteiger partial charge is 0.374 e. The van der Waals surface area contributed by atoms with Crippen molar-refractivity contribution >= 4 is 6.08 Å². The van der Waals surface area contributed by atoms with Crippen LogP contribution in [0, 0.1) is 6.92 Å². The van der Waals surface area contributed by atoms with Crippen LogP contribution in [0.25, 0.3) is 6.08 Å². The number of hydrogen-bond acceptors (Lipinski definition) is 3. The van der Waals surface area contributed by atoms with Crippen LogP contribution in [0.3, 0.4) is 0 Å². The molecule has 0 aliphatic heterocycles. The molecule has 1 heterocycles. The average molecular weight is 250 g/mol. The Balaban J connectivity index is 2.85. The van der Waals surface area contributed by atoms with E-state index in [1.165, 1.54) is 11.4 Å². The normalized spacial score (nSPS) is 11.9. The van der Waals surface area contributed by atoms with Crippen molar-refractivity contribution in [3.05, 3.63) is 22.9 Å². The van der Waals surface area contributed by atoms with Gasteiger partial charge in [0.1, 0.15) is 5.82 Å². The fraction of sp³-hybridized carbons (Fsp3) is 0.643. The number of H-pyrrole nitrogens is 1. The van der Waals surface area contributed by atoms with Gasteiger partial charge in [-0.2, -0.15) is 0 Å². The SMILES string of the molecule is CCc1[nH]c(C)nc1/C=C(\C)N(CC)CCNC. The minimum absolute atomic E-state index is 0.989. The van der Waals surface area contributed by atoms with Crippen molar-refractivity contribution in [2.75, 3.05) is 26.7 Å². The first-order valence-electron chi connectivity index (χ1n) is 6.75. The van der Waals surface area contributed by atoms with E-state index in [0.717, 1.165) is 37.6 Å². The summed E-state index contributed by atoms with van der Waals surface area (Å²) in [6, 6.07) is 0. The Morgan fingerprint density at radius 2 is 2.17 bits per heavy atom. The highest BCUT2D eigenvalue weighted by molar-refractivity contribution is 5.50. The second-order valence-electron chi connectivity index (χ2n) is 4.51. The molecule has 0 unspecified atom stereocenters. The van der Waals surface area contributed by atoms with E-state index in [0.29, 0.717) is 0 Å². The van der Waals surface area contributed by atoms with Gasteiger partial charge in [0.15, 0.2) is 0 Å². The van der Waals surface area contributed by atoms with Crippen molar-refractivity contribution in [3.8, 4) is 0 Å². The highest BCUT2D eigenvalue weighted by atomic mass is 15.1. The summed E-state index contributed by atoms with van der Waals surface area (Å²) in [6.07, 6.45) is 3.17. The number of aromatic amines is 1. The Kier molecular flexibility index (Phi) is 5.92. The van der Waals surface area contributed by atoms with Gasteiger partial charge in [0, 0.05) is 31.0 Å². The van der Waals surface area contributed by atoms with Crippen molar-refractivity contribution in [1.29, 1.82) is 0 Å². The molecule has 0 bridgehead atoms. The maximum atomic E-state index is 4.54. The standard InChI is InChI=1S/C14H26N4/c1-6-13-14(17-12(4)16-13)10-11(3)18(7-2)9-8-15-5/h10,15H,6-9H2,1-5H3,(H,16,17)/b11-10+. The molecule has 102 valence electrons. The van der Waals surface area contributed by atoms with Crippen LogP contribution in [0.5, 0.6) is 0 Å². The summed E-state index contributed by atoms with van der Waals surface area (Å²) in [5.41, 5.74) is 3.57. The third kappa shape index (κ3) is 3.88. The van der Waals surface area contributed by atoms with Gasteiger partial charge in [-0.15, -0.1) is 0 Å². The molecule has 0 atom stereocenters. The first-order chi connectivity index (χ1) is 8.62. The predicted molar refractivity (Wildman–Crippen MR) is 77.5 cm³/mol. The number of aryl methyl sites for hydroxylation is 2. The average Bonchev–Trinajstić information content (AvgIpc) is 2.70. The number of rotatable bonds is 7. The monoisotopic (exact) mass is 250 g/mol. The lowest BCUT2D eigenvalue weighted by Gasteiger charge is -2.23. The topological polar surface area (TPSA) is 44.0 Å². The smallest absolute Gasteiger partial charge is 0.103 e. The second kappa shape index (κ2) is 7.21. The Hall–Kier alpha value is -1.29. The molecule has 4 nitrogen and oxygen atoms in total. The van der Waals surface area contributed by atoms with Crippen LogP contribution >= 0.6 is 0 Å². The molecule has 0 saturated heterocycles. The lowest BCUT2D eigenvalue weighted by molar-refractivity contribution is 0.366. The fourth-order valence-corrected chi connectivity index (χ4v) is 2.07. The lowest BCUT2D eigenvalue weighted by atomic mass is 10.2. The van der Waals surface area contributed by atoms with Gasteiger partial charge >= 0.3 is 0 Å². The third-order valence-corrected chi connectivity index (χ3v) is 3.14. The fourth-order valence-electron chi connectivity index (χ4n) is 2.07. The van der Waals surface area contributed by atoms with Crippen molar-refractivity contribution in [2.45, 2.75) is 34.1 Å². The van der Waals surface area contributed by atoms with Crippen molar-refractivity contribution in [1.82, 2.24) is 20.2 Å². The summed E-state index contributed by atoms with van der Waals surface area (Å²) in [5, 5.41) is 3.19. The molecule has 4 heteroatoms. The summed E-state index contributed by atoms with van der Waals surface area (Å²) >= 11 is 0. The van der Waals surface area contributed by atoms with E-state index in [4.69, 9.17) is 0 Å². The maximum absolute atomic E-state index is 4.54. The van der Waals surface area contributed by atoms with Crippen LogP contribution in [-0.4, -0.2) is 41.5 Å². The van der Waals surface area contributed by atoms with Crippen molar-refractivity contribution in [3.63, 3.8) is 0 Å². The first-order valence-corrected chi connectivity index (χ1v) is 6.75. The van der Waals surface area contributed by atoms with E-state index in [1.54, 1.807) is 0 Å². The minimum Gasteiger partial charge on any atom is -0.374 e. The van der Waals surface area contributed by atoms with E-state index in [2.05, 4.69) is 47.0 Å². The van der Waals surface area contributed by atoms with Gasteiger partial charge in [0.05, 0.1) is 5.69 Å². The van der Waals surface area contributed by atoms with Crippen LogP contribution in [0.2, 0.25) is 0 Å². The molecule has 0 spiro atoms. The Morgan fingerprint density at radius 1 is 1.44 bits per heavy atom. The van der Waals surface area contributed by atoms with Crippen LogP contribution in [0.1, 0.15) is 38.0 Å². The first kappa shape index (κ1) is 14.8. The van der Waals surface area contributed by atoms with E-state index in [-0.39, 0.29) is 0 Å². The van der Waals surface area contributed by atoms with Gasteiger partial charge in [-0.05, 0) is 40.3 Å². The molecule has 0 saturated carbocycles. The van der Waals surface area contributed by atoms with Crippen molar-refractivity contribution < 1.29 is 0 Å². The van der Waals surface area contributed by atoms with Crippen LogP contribution < -0.4 is 5.32 Å². The summed E-state index contributed by atoms with van der Waals surface area (Å²) in [4.78, 5) is 10.2. The second-order valence-corrected chi connectivity index (χ2v) is 4.51. The molecule has 0 amide bonds. The number of aromatic nitrogens is 2. The van der Waals surface area contributed by atoms with Gasteiger partial charge in [0.25, 0.3) is 0 Å². The number of nitrogens with one attached hydrogen (secondary N) is 2. The number of allylic oxidation sites excluding steroid dienone is 1.